The number of nitrogens with two attached hydrogens (primary N) is 1. The molecule has 0 radical (unpaired) electrons. The molecule has 7 heteroatoms. The van der Waals surface area contributed by atoms with Crippen molar-refractivity contribution in [2.75, 3.05) is 4.90 Å². The number of carboxylic acids is 1. The van der Waals surface area contributed by atoms with E-state index in [0.717, 1.165) is 33.2 Å². The molecular weight excluding hydrogens is 492 g/mol. The van der Waals surface area contributed by atoms with Gasteiger partial charge in [-0.2, -0.15) is 0 Å². The van der Waals surface area contributed by atoms with Crippen molar-refractivity contribution in [3.8, 4) is 11.1 Å². The summed E-state index contributed by atoms with van der Waals surface area (Å²) in [5, 5.41) is 10.3. The van der Waals surface area contributed by atoms with E-state index in [1.165, 1.54) is 4.90 Å². The lowest BCUT2D eigenvalue weighted by Gasteiger charge is -2.24. The quantitative estimate of drug-likeness (QED) is 0.229. The van der Waals surface area contributed by atoms with Crippen LogP contribution in [0.4, 0.5) is 10.5 Å². The number of carboxylic acid groups (broad SMARTS) is 1. The number of furan rings is 1. The summed E-state index contributed by atoms with van der Waals surface area (Å²) in [6, 6.07) is 30.2. The van der Waals surface area contributed by atoms with Gasteiger partial charge in [-0.05, 0) is 52.1 Å². The molecule has 0 aliphatic rings. The molecule has 5 aromatic rings. The van der Waals surface area contributed by atoms with Crippen LogP contribution in [0.15, 0.2) is 108 Å². The molecule has 0 fully saturated rings. The molecule has 0 spiro atoms. The molecule has 0 aliphatic carbocycles. The number of nitrogens with zero attached hydrogens (tertiary/aromatic N) is 1. The van der Waals surface area contributed by atoms with Crippen LogP contribution < -0.4 is 10.6 Å². The summed E-state index contributed by atoms with van der Waals surface area (Å²) in [5.74, 6) is -0.942. The lowest BCUT2D eigenvalue weighted by atomic mass is 9.99. The Hall–Kier alpha value is -4.88. The van der Waals surface area contributed by atoms with Gasteiger partial charge in [0.1, 0.15) is 12.2 Å². The molecule has 39 heavy (non-hydrogen) atoms. The summed E-state index contributed by atoms with van der Waals surface area (Å²) in [6.45, 7) is 0.627. The van der Waals surface area contributed by atoms with Gasteiger partial charge in [0.25, 0.3) is 0 Å². The highest BCUT2D eigenvalue weighted by molar-refractivity contribution is 5.99. The number of hydrogen-bond acceptors (Lipinski definition) is 5. The highest BCUT2D eigenvalue weighted by Gasteiger charge is 2.22. The van der Waals surface area contributed by atoms with Gasteiger partial charge in [-0.1, -0.05) is 72.8 Å². The van der Waals surface area contributed by atoms with Gasteiger partial charge >= 0.3 is 12.1 Å². The van der Waals surface area contributed by atoms with Crippen LogP contribution in [-0.4, -0.2) is 17.2 Å². The van der Waals surface area contributed by atoms with Crippen LogP contribution in [-0.2, 0) is 35.6 Å². The van der Waals surface area contributed by atoms with Gasteiger partial charge in [-0.25, -0.2) is 4.79 Å². The average molecular weight is 521 g/mol. The van der Waals surface area contributed by atoms with Gasteiger partial charge in [0, 0.05) is 23.2 Å². The van der Waals surface area contributed by atoms with E-state index in [1.807, 2.05) is 84.9 Å². The minimum Gasteiger partial charge on any atom is -0.481 e. The molecule has 0 atom stereocenters. The molecule has 0 bridgehead atoms. The summed E-state index contributed by atoms with van der Waals surface area (Å²) in [6.07, 6.45) is 0.917. The summed E-state index contributed by atoms with van der Waals surface area (Å²) < 4.78 is 11.6. The van der Waals surface area contributed by atoms with Crippen LogP contribution in [0, 0.1) is 0 Å². The zero-order chi connectivity index (χ0) is 27.2. The first kappa shape index (κ1) is 25.8. The van der Waals surface area contributed by atoms with E-state index in [2.05, 4.69) is 0 Å². The number of anilines is 1. The maximum absolute atomic E-state index is 13.6. The SMILES string of the molecule is NCc1cccc(-c2cc(N(Cc3ccccc3CC(=O)O)C(=O)OCc3ccccc3)cc3ccoc23)c1. The number of amides is 1. The molecule has 196 valence electrons. The summed E-state index contributed by atoms with van der Waals surface area (Å²) in [5.41, 5.74) is 12.1. The van der Waals surface area contributed by atoms with E-state index in [0.29, 0.717) is 23.4 Å². The van der Waals surface area contributed by atoms with Crippen molar-refractivity contribution in [3.63, 3.8) is 0 Å². The van der Waals surface area contributed by atoms with Crippen LogP contribution in [0.5, 0.6) is 0 Å². The first-order valence-corrected chi connectivity index (χ1v) is 12.6. The first-order chi connectivity index (χ1) is 19.0. The molecule has 1 aromatic heterocycles. The summed E-state index contributed by atoms with van der Waals surface area (Å²) >= 11 is 0. The second-order valence-electron chi connectivity index (χ2n) is 9.20. The molecule has 0 saturated carbocycles. The van der Waals surface area contributed by atoms with Gasteiger partial charge in [0.05, 0.1) is 19.2 Å². The molecule has 4 aromatic carbocycles. The summed E-state index contributed by atoms with van der Waals surface area (Å²) in [4.78, 5) is 26.7. The number of benzene rings is 4. The van der Waals surface area contributed by atoms with E-state index < -0.39 is 12.1 Å². The Labute approximate surface area is 226 Å². The smallest absolute Gasteiger partial charge is 0.414 e. The fraction of sp³-hybridized carbons (Fsp3) is 0.125. The van der Waals surface area contributed by atoms with E-state index in [9.17, 15) is 14.7 Å². The zero-order valence-electron chi connectivity index (χ0n) is 21.2. The van der Waals surface area contributed by atoms with Crippen LogP contribution in [0.25, 0.3) is 22.1 Å². The number of fused-ring (bicyclic) bond motifs is 1. The third-order valence-electron chi connectivity index (χ3n) is 6.54. The summed E-state index contributed by atoms with van der Waals surface area (Å²) in [7, 11) is 0. The Kier molecular flexibility index (Phi) is 7.70. The van der Waals surface area contributed by atoms with Crippen molar-refractivity contribution in [2.24, 2.45) is 5.73 Å². The number of carbonyl (C=O) groups is 2. The first-order valence-electron chi connectivity index (χ1n) is 12.6. The normalized spacial score (nSPS) is 10.9. The fourth-order valence-corrected chi connectivity index (χ4v) is 4.58. The van der Waals surface area contributed by atoms with Crippen molar-refractivity contribution < 1.29 is 23.8 Å². The maximum Gasteiger partial charge on any atom is 0.414 e. The third kappa shape index (κ3) is 6.00. The molecule has 3 N–H and O–H groups in total. The van der Waals surface area contributed by atoms with Gasteiger partial charge in [0.2, 0.25) is 0 Å². The van der Waals surface area contributed by atoms with Crippen molar-refractivity contribution in [3.05, 3.63) is 126 Å². The molecule has 5 rings (SSSR count). The second-order valence-corrected chi connectivity index (χ2v) is 9.20. The van der Waals surface area contributed by atoms with Crippen molar-refractivity contribution in [1.82, 2.24) is 0 Å². The lowest BCUT2D eigenvalue weighted by Crippen LogP contribution is -2.31. The predicted octanol–water partition coefficient (Wildman–Crippen LogP) is 6.53. The maximum atomic E-state index is 13.6. The van der Waals surface area contributed by atoms with Crippen LogP contribution >= 0.6 is 0 Å². The Morgan fingerprint density at radius 3 is 2.36 bits per heavy atom. The van der Waals surface area contributed by atoms with Crippen molar-refractivity contribution >= 4 is 28.7 Å². The van der Waals surface area contributed by atoms with E-state index in [4.69, 9.17) is 14.9 Å². The van der Waals surface area contributed by atoms with Crippen LogP contribution in [0.3, 0.4) is 0 Å². The Bertz CT molecular complexity index is 1610. The Balaban J connectivity index is 1.58. The van der Waals surface area contributed by atoms with Crippen molar-refractivity contribution in [1.29, 1.82) is 0 Å². The number of ether oxygens (including phenoxy) is 1. The second kappa shape index (κ2) is 11.7. The topological polar surface area (TPSA) is 106 Å². The molecule has 7 nitrogen and oxygen atoms in total. The monoisotopic (exact) mass is 520 g/mol. The highest BCUT2D eigenvalue weighted by Crippen LogP contribution is 2.35. The number of aliphatic carboxylic acids is 1. The minimum absolute atomic E-state index is 0.103. The molecule has 1 heterocycles. The van der Waals surface area contributed by atoms with Gasteiger partial charge < -0.3 is 20.0 Å². The Morgan fingerprint density at radius 1 is 0.846 bits per heavy atom. The highest BCUT2D eigenvalue weighted by atomic mass is 16.6. The zero-order valence-corrected chi connectivity index (χ0v) is 21.2. The van der Waals surface area contributed by atoms with Crippen LogP contribution in [0.1, 0.15) is 22.3 Å². The average Bonchev–Trinajstić information content (AvgIpc) is 3.44. The minimum atomic E-state index is -0.942. The van der Waals surface area contributed by atoms with E-state index in [1.54, 1.807) is 18.4 Å². The number of hydrogen-bond donors (Lipinski definition) is 2. The van der Waals surface area contributed by atoms with Gasteiger partial charge in [-0.3, -0.25) is 9.69 Å². The Morgan fingerprint density at radius 2 is 1.59 bits per heavy atom. The standard InChI is InChI=1S/C32H28N2O5/c33-19-23-9-6-12-25(15-23)29-18-28(16-26-13-14-38-31(26)29)34(32(37)39-21-22-7-2-1-3-8-22)20-27-11-5-4-10-24(27)17-30(35)36/h1-16,18H,17,19-21,33H2,(H,35,36). The molecule has 0 aliphatic heterocycles. The number of rotatable bonds is 9. The van der Waals surface area contributed by atoms with Gasteiger partial charge in [-0.15, -0.1) is 0 Å². The number of carbonyl (C=O) groups excluding carboxylic acids is 1. The lowest BCUT2D eigenvalue weighted by molar-refractivity contribution is -0.136. The third-order valence-corrected chi connectivity index (χ3v) is 6.54. The molecular formula is C32H28N2O5. The molecule has 1 amide bonds. The predicted molar refractivity (Wildman–Crippen MR) is 150 cm³/mol. The largest absolute Gasteiger partial charge is 0.481 e. The van der Waals surface area contributed by atoms with Crippen molar-refractivity contribution in [2.45, 2.75) is 26.1 Å². The molecule has 0 saturated heterocycles. The van der Waals surface area contributed by atoms with E-state index in [-0.39, 0.29) is 19.6 Å². The fourth-order valence-electron chi connectivity index (χ4n) is 4.58. The van der Waals surface area contributed by atoms with E-state index >= 15 is 0 Å². The van der Waals surface area contributed by atoms with Gasteiger partial charge in [0.15, 0.2) is 0 Å². The molecule has 0 unspecified atom stereocenters. The van der Waals surface area contributed by atoms with Crippen LogP contribution in [0.2, 0.25) is 0 Å².